The lowest BCUT2D eigenvalue weighted by atomic mass is 9.75. The summed E-state index contributed by atoms with van der Waals surface area (Å²) in [6.45, 7) is 4.19. The van der Waals surface area contributed by atoms with Crippen LogP contribution in [0.25, 0.3) is 0 Å². The summed E-state index contributed by atoms with van der Waals surface area (Å²) >= 11 is 0. The van der Waals surface area contributed by atoms with Gasteiger partial charge in [0, 0.05) is 0 Å². The topological polar surface area (TPSA) is 41.1 Å². The number of nitrogens with one attached hydrogen (secondary N) is 2. The molecule has 0 spiro atoms. The van der Waals surface area contributed by atoms with E-state index >= 15 is 0 Å². The zero-order chi connectivity index (χ0) is 13.1. The lowest BCUT2D eigenvalue weighted by Gasteiger charge is -2.36. The van der Waals surface area contributed by atoms with Gasteiger partial charge in [-0.3, -0.25) is 4.79 Å². The van der Waals surface area contributed by atoms with Crippen LogP contribution in [0.2, 0.25) is 0 Å². The predicted molar refractivity (Wildman–Crippen MR) is 65.7 cm³/mol. The molecule has 0 radical (unpaired) electrons. The quantitative estimate of drug-likeness (QED) is 0.836. The van der Waals surface area contributed by atoms with Crippen LogP contribution >= 0.6 is 12.4 Å². The Balaban J connectivity index is 0.00000289. The Hall–Kier alpha value is -0.490. The molecule has 1 saturated heterocycles. The van der Waals surface area contributed by atoms with E-state index in [2.05, 4.69) is 10.6 Å². The summed E-state index contributed by atoms with van der Waals surface area (Å²) < 4.78 is 37.1. The molecule has 1 fully saturated rings. The summed E-state index contributed by atoms with van der Waals surface area (Å²) in [5, 5.41) is 5.20. The van der Waals surface area contributed by atoms with Gasteiger partial charge in [-0.25, -0.2) is 0 Å². The fourth-order valence-corrected chi connectivity index (χ4v) is 2.08. The van der Waals surface area contributed by atoms with Crippen molar-refractivity contribution in [2.45, 2.75) is 45.3 Å². The summed E-state index contributed by atoms with van der Waals surface area (Å²) in [6, 6.07) is -1.78. The van der Waals surface area contributed by atoms with Crippen molar-refractivity contribution in [2.75, 3.05) is 13.1 Å². The molecular weight excluding hydrogens is 269 g/mol. The molecule has 1 amide bonds. The molecule has 108 valence electrons. The first-order valence-corrected chi connectivity index (χ1v) is 5.90. The average Bonchev–Trinajstić information content (AvgIpc) is 2.28. The van der Waals surface area contributed by atoms with Crippen molar-refractivity contribution >= 4 is 18.3 Å². The van der Waals surface area contributed by atoms with Crippen molar-refractivity contribution in [3.63, 3.8) is 0 Å². The van der Waals surface area contributed by atoms with E-state index in [-0.39, 0.29) is 12.4 Å². The molecule has 3 nitrogen and oxygen atoms in total. The van der Waals surface area contributed by atoms with E-state index in [1.807, 2.05) is 6.92 Å². The Kier molecular flexibility index (Phi) is 6.43. The fraction of sp³-hybridized carbons (Fsp3) is 0.909. The van der Waals surface area contributed by atoms with Gasteiger partial charge in [0.1, 0.15) is 6.04 Å². The third-order valence-electron chi connectivity index (χ3n) is 3.56. The highest BCUT2D eigenvalue weighted by atomic mass is 35.5. The highest BCUT2D eigenvalue weighted by Crippen LogP contribution is 2.33. The molecule has 1 atom stereocenters. The predicted octanol–water partition coefficient (Wildman–Crippen LogP) is 2.26. The van der Waals surface area contributed by atoms with Gasteiger partial charge in [-0.15, -0.1) is 12.4 Å². The average molecular weight is 289 g/mol. The van der Waals surface area contributed by atoms with Crippen LogP contribution in [0.5, 0.6) is 0 Å². The summed E-state index contributed by atoms with van der Waals surface area (Å²) in [6.07, 6.45) is -2.61. The largest absolute Gasteiger partial charge is 0.408 e. The standard InChI is InChI=1S/C11H19F3N2O.ClH/c1-3-10(4-6-15-7-5-10)9(17)16-8(2)11(12,13)14;/h8,15H,3-7H2,1-2H3,(H,16,17);1H. The van der Waals surface area contributed by atoms with Gasteiger partial charge in [0.05, 0.1) is 5.41 Å². The number of amides is 1. The van der Waals surface area contributed by atoms with Crippen molar-refractivity contribution in [2.24, 2.45) is 5.41 Å². The first-order chi connectivity index (χ1) is 7.82. The molecule has 0 aliphatic carbocycles. The zero-order valence-electron chi connectivity index (χ0n) is 10.6. The fourth-order valence-electron chi connectivity index (χ4n) is 2.08. The van der Waals surface area contributed by atoms with Gasteiger partial charge in [-0.05, 0) is 39.3 Å². The Bertz CT molecular complexity index is 278. The summed E-state index contributed by atoms with van der Waals surface area (Å²) in [5.74, 6) is -0.466. The lowest BCUT2D eigenvalue weighted by molar-refractivity contribution is -0.162. The van der Waals surface area contributed by atoms with Crippen LogP contribution in [-0.2, 0) is 4.79 Å². The molecule has 1 rings (SSSR count). The minimum Gasteiger partial charge on any atom is -0.344 e. The first-order valence-electron chi connectivity index (χ1n) is 5.90. The van der Waals surface area contributed by atoms with Gasteiger partial charge >= 0.3 is 6.18 Å². The molecule has 0 saturated carbocycles. The van der Waals surface area contributed by atoms with Gasteiger partial charge in [0.25, 0.3) is 0 Å². The van der Waals surface area contributed by atoms with Gasteiger partial charge in [-0.2, -0.15) is 13.2 Å². The van der Waals surface area contributed by atoms with Gasteiger partial charge in [0.15, 0.2) is 0 Å². The number of alkyl halides is 3. The van der Waals surface area contributed by atoms with Crippen LogP contribution in [0, 0.1) is 5.41 Å². The third kappa shape index (κ3) is 4.02. The zero-order valence-corrected chi connectivity index (χ0v) is 11.4. The maximum atomic E-state index is 12.4. The number of hydrogen-bond acceptors (Lipinski definition) is 2. The van der Waals surface area contributed by atoms with Gasteiger partial charge in [-0.1, -0.05) is 6.92 Å². The van der Waals surface area contributed by atoms with Gasteiger partial charge in [0.2, 0.25) is 5.91 Å². The van der Waals surface area contributed by atoms with Gasteiger partial charge < -0.3 is 10.6 Å². The molecule has 0 aromatic rings. The van der Waals surface area contributed by atoms with Crippen LogP contribution in [0.3, 0.4) is 0 Å². The molecule has 1 aliphatic rings. The van der Waals surface area contributed by atoms with Crippen molar-refractivity contribution in [1.82, 2.24) is 10.6 Å². The number of piperidine rings is 1. The normalized spacial score (nSPS) is 20.7. The molecule has 18 heavy (non-hydrogen) atoms. The van der Waals surface area contributed by atoms with Crippen LogP contribution in [-0.4, -0.2) is 31.2 Å². The number of carbonyl (C=O) groups is 1. The minimum absolute atomic E-state index is 0. The van der Waals surface area contributed by atoms with E-state index in [1.165, 1.54) is 0 Å². The highest BCUT2D eigenvalue weighted by molar-refractivity contribution is 5.85. The lowest BCUT2D eigenvalue weighted by Crippen LogP contribution is -2.52. The number of halogens is 4. The summed E-state index contributed by atoms with van der Waals surface area (Å²) in [4.78, 5) is 12.0. The minimum atomic E-state index is -4.38. The van der Waals surface area contributed by atoms with E-state index < -0.39 is 23.5 Å². The van der Waals surface area contributed by atoms with E-state index in [0.29, 0.717) is 32.4 Å². The molecule has 1 aliphatic heterocycles. The van der Waals surface area contributed by atoms with Crippen molar-refractivity contribution < 1.29 is 18.0 Å². The Morgan fingerprint density at radius 1 is 1.39 bits per heavy atom. The number of carbonyl (C=O) groups excluding carboxylic acids is 1. The molecule has 1 heterocycles. The van der Waals surface area contributed by atoms with Crippen molar-refractivity contribution in [3.8, 4) is 0 Å². The molecular formula is C11H20ClF3N2O. The van der Waals surface area contributed by atoms with E-state index in [1.54, 1.807) is 0 Å². The SMILES string of the molecule is CCC1(C(=O)NC(C)C(F)(F)F)CCNCC1.Cl. The smallest absolute Gasteiger partial charge is 0.344 e. The monoisotopic (exact) mass is 288 g/mol. The molecule has 7 heteroatoms. The van der Waals surface area contributed by atoms with Crippen LogP contribution in [0.15, 0.2) is 0 Å². The Labute approximate surface area is 111 Å². The third-order valence-corrected chi connectivity index (χ3v) is 3.56. The van der Waals surface area contributed by atoms with Crippen molar-refractivity contribution in [3.05, 3.63) is 0 Å². The second-order valence-corrected chi connectivity index (χ2v) is 4.62. The molecule has 0 aromatic heterocycles. The maximum absolute atomic E-state index is 12.4. The molecule has 2 N–H and O–H groups in total. The van der Waals surface area contributed by atoms with Crippen LogP contribution < -0.4 is 10.6 Å². The number of rotatable bonds is 3. The van der Waals surface area contributed by atoms with Crippen LogP contribution in [0.1, 0.15) is 33.1 Å². The summed E-state index contributed by atoms with van der Waals surface area (Å²) in [7, 11) is 0. The Morgan fingerprint density at radius 3 is 2.28 bits per heavy atom. The van der Waals surface area contributed by atoms with E-state index in [9.17, 15) is 18.0 Å². The van der Waals surface area contributed by atoms with E-state index in [0.717, 1.165) is 6.92 Å². The summed E-state index contributed by atoms with van der Waals surface area (Å²) in [5.41, 5.74) is -0.634. The maximum Gasteiger partial charge on any atom is 0.408 e. The van der Waals surface area contributed by atoms with E-state index in [4.69, 9.17) is 0 Å². The molecule has 1 unspecified atom stereocenters. The first kappa shape index (κ1) is 17.5. The molecule has 0 bridgehead atoms. The molecule has 0 aromatic carbocycles. The Morgan fingerprint density at radius 2 is 1.89 bits per heavy atom. The second kappa shape index (κ2) is 6.61. The second-order valence-electron chi connectivity index (χ2n) is 4.62. The highest BCUT2D eigenvalue weighted by Gasteiger charge is 2.43. The number of hydrogen-bond donors (Lipinski definition) is 2. The van der Waals surface area contributed by atoms with Crippen LogP contribution in [0.4, 0.5) is 13.2 Å². The van der Waals surface area contributed by atoms with Crippen molar-refractivity contribution in [1.29, 1.82) is 0 Å².